The minimum Gasteiger partial charge on any atom is -0.494 e. The Hall–Kier alpha value is -3.87. The number of ether oxygens (including phenoxy) is 1. The standard InChI is InChI=1S/C24H22Cl2N6O5S/c1-13(33)27-18-11-14(31(12-21(36)37-2)9-10-32-19(34)7-8-20(32)35)3-5-16(18)29-30-24-28-17-6-4-15(25)22(26)23(17)38-24/h3-8,11,34-35H,9-10,12H2,1-2H3,(H,27,33). The van der Waals surface area contributed by atoms with Gasteiger partial charge >= 0.3 is 5.97 Å². The van der Waals surface area contributed by atoms with Gasteiger partial charge in [-0.15, -0.1) is 10.2 Å². The van der Waals surface area contributed by atoms with Crippen LogP contribution in [0.25, 0.3) is 10.2 Å². The number of aromatic hydroxyl groups is 2. The van der Waals surface area contributed by atoms with E-state index in [4.69, 9.17) is 27.9 Å². The summed E-state index contributed by atoms with van der Waals surface area (Å²) in [6.07, 6.45) is 0. The maximum absolute atomic E-state index is 12.1. The number of nitrogens with one attached hydrogen (secondary N) is 1. The fraction of sp³-hybridized carbons (Fsp3) is 0.208. The average molecular weight is 577 g/mol. The van der Waals surface area contributed by atoms with Crippen LogP contribution in [0.2, 0.25) is 10.0 Å². The Morgan fingerprint density at radius 2 is 1.87 bits per heavy atom. The van der Waals surface area contributed by atoms with Gasteiger partial charge in [0.05, 0.1) is 33.1 Å². The van der Waals surface area contributed by atoms with E-state index in [-0.39, 0.29) is 37.3 Å². The van der Waals surface area contributed by atoms with Crippen LogP contribution in [-0.4, -0.2) is 51.8 Å². The molecule has 0 saturated carbocycles. The van der Waals surface area contributed by atoms with Crippen molar-refractivity contribution in [2.45, 2.75) is 13.5 Å². The number of esters is 1. The average Bonchev–Trinajstić information content (AvgIpc) is 3.45. The Labute approximate surface area is 230 Å². The summed E-state index contributed by atoms with van der Waals surface area (Å²) in [5.74, 6) is -1.06. The molecule has 11 nitrogen and oxygen atoms in total. The van der Waals surface area contributed by atoms with Gasteiger partial charge in [0, 0.05) is 37.8 Å². The van der Waals surface area contributed by atoms with Gasteiger partial charge in [0.2, 0.25) is 11.0 Å². The first-order valence-corrected chi connectivity index (χ1v) is 12.7. The van der Waals surface area contributed by atoms with Crippen LogP contribution in [0, 0.1) is 0 Å². The molecular formula is C24H22Cl2N6O5S. The van der Waals surface area contributed by atoms with Crippen LogP contribution in [0.3, 0.4) is 0 Å². The largest absolute Gasteiger partial charge is 0.494 e. The highest BCUT2D eigenvalue weighted by atomic mass is 35.5. The van der Waals surface area contributed by atoms with E-state index >= 15 is 0 Å². The highest BCUT2D eigenvalue weighted by Gasteiger charge is 2.17. The smallest absolute Gasteiger partial charge is 0.325 e. The van der Waals surface area contributed by atoms with Crippen LogP contribution in [0.5, 0.6) is 11.8 Å². The van der Waals surface area contributed by atoms with E-state index in [9.17, 15) is 19.8 Å². The van der Waals surface area contributed by atoms with E-state index in [1.54, 1.807) is 35.2 Å². The van der Waals surface area contributed by atoms with Gasteiger partial charge in [-0.3, -0.25) is 14.2 Å². The first kappa shape index (κ1) is 27.2. The fourth-order valence-electron chi connectivity index (χ4n) is 3.58. The van der Waals surface area contributed by atoms with Crippen molar-refractivity contribution in [3.8, 4) is 11.8 Å². The van der Waals surface area contributed by atoms with E-state index in [1.807, 2.05) is 0 Å². The van der Waals surface area contributed by atoms with Crippen LogP contribution < -0.4 is 10.2 Å². The summed E-state index contributed by atoms with van der Waals surface area (Å²) in [4.78, 5) is 30.1. The summed E-state index contributed by atoms with van der Waals surface area (Å²) in [5, 5.41) is 32.3. The molecule has 4 aromatic rings. The molecule has 3 N–H and O–H groups in total. The molecule has 0 aliphatic carbocycles. The summed E-state index contributed by atoms with van der Waals surface area (Å²) in [5.41, 5.74) is 1.90. The summed E-state index contributed by atoms with van der Waals surface area (Å²) < 4.78 is 6.80. The Morgan fingerprint density at radius 1 is 1.13 bits per heavy atom. The number of anilines is 2. The predicted molar refractivity (Wildman–Crippen MR) is 147 cm³/mol. The number of carbonyl (C=O) groups is 2. The topological polar surface area (TPSA) is 142 Å². The highest BCUT2D eigenvalue weighted by Crippen LogP contribution is 2.39. The molecule has 0 unspecified atom stereocenters. The number of halogens is 2. The number of hydrogen-bond acceptors (Lipinski definition) is 10. The SMILES string of the molecule is COC(=O)CN(CCn1c(O)ccc1O)c1ccc(N=Nc2nc3ccc(Cl)c(Cl)c3s2)c(NC(C)=O)c1. The number of methoxy groups -OCH3 is 1. The number of hydrogen-bond donors (Lipinski definition) is 3. The molecule has 2 aromatic heterocycles. The normalized spacial score (nSPS) is 11.3. The third-order valence-electron chi connectivity index (χ3n) is 5.41. The van der Waals surface area contributed by atoms with Crippen molar-refractivity contribution in [3.05, 3.63) is 52.5 Å². The third-order valence-corrected chi connectivity index (χ3v) is 7.30. The third kappa shape index (κ3) is 6.15. The Kier molecular flexibility index (Phi) is 8.35. The zero-order valence-electron chi connectivity index (χ0n) is 20.2. The molecule has 0 bridgehead atoms. The molecule has 198 valence electrons. The molecule has 0 aliphatic rings. The van der Waals surface area contributed by atoms with Gasteiger partial charge in [-0.1, -0.05) is 34.5 Å². The van der Waals surface area contributed by atoms with Crippen molar-refractivity contribution in [2.24, 2.45) is 10.2 Å². The minimum atomic E-state index is -0.495. The second-order valence-corrected chi connectivity index (χ2v) is 9.75. The second kappa shape index (κ2) is 11.7. The van der Waals surface area contributed by atoms with E-state index in [2.05, 4.69) is 20.5 Å². The molecule has 1 amide bonds. The minimum absolute atomic E-state index is 0.116. The van der Waals surface area contributed by atoms with Crippen molar-refractivity contribution < 1.29 is 24.5 Å². The first-order valence-electron chi connectivity index (χ1n) is 11.1. The summed E-state index contributed by atoms with van der Waals surface area (Å²) in [6.45, 7) is 1.63. The lowest BCUT2D eigenvalue weighted by Crippen LogP contribution is -2.33. The number of nitrogens with zero attached hydrogens (tertiary/aromatic N) is 5. The van der Waals surface area contributed by atoms with E-state index in [0.29, 0.717) is 42.5 Å². The molecule has 14 heteroatoms. The van der Waals surface area contributed by atoms with Crippen LogP contribution in [0.15, 0.2) is 52.7 Å². The molecule has 0 atom stereocenters. The quantitative estimate of drug-likeness (QED) is 0.167. The van der Waals surface area contributed by atoms with E-state index in [0.717, 1.165) is 0 Å². The lowest BCUT2D eigenvalue weighted by atomic mass is 10.2. The van der Waals surface area contributed by atoms with Gasteiger partial charge in [0.1, 0.15) is 12.2 Å². The maximum atomic E-state index is 12.1. The lowest BCUT2D eigenvalue weighted by molar-refractivity contribution is -0.139. The first-order chi connectivity index (χ1) is 18.2. The number of aromatic nitrogens is 2. The van der Waals surface area contributed by atoms with Crippen LogP contribution >= 0.6 is 34.5 Å². The Morgan fingerprint density at radius 3 is 2.55 bits per heavy atom. The predicted octanol–water partition coefficient (Wildman–Crippen LogP) is 5.87. The summed E-state index contributed by atoms with van der Waals surface area (Å²) in [7, 11) is 1.28. The number of azo groups is 1. The lowest BCUT2D eigenvalue weighted by Gasteiger charge is -2.25. The van der Waals surface area contributed by atoms with E-state index in [1.165, 1.54) is 42.1 Å². The molecule has 0 fully saturated rings. The van der Waals surface area contributed by atoms with Gasteiger partial charge in [0.15, 0.2) is 11.8 Å². The molecular weight excluding hydrogens is 555 g/mol. The van der Waals surface area contributed by atoms with E-state index < -0.39 is 5.97 Å². The van der Waals surface area contributed by atoms with Gasteiger partial charge < -0.3 is 25.2 Å². The van der Waals surface area contributed by atoms with Gasteiger partial charge in [0.25, 0.3) is 0 Å². The Balaban J connectivity index is 1.64. The van der Waals surface area contributed by atoms with Gasteiger partial charge in [-0.25, -0.2) is 4.98 Å². The number of benzene rings is 2. The molecule has 0 aliphatic heterocycles. The van der Waals surface area contributed by atoms with Crippen molar-refractivity contribution in [3.63, 3.8) is 0 Å². The Bertz CT molecular complexity index is 1520. The monoisotopic (exact) mass is 576 g/mol. The number of rotatable bonds is 9. The number of thiazole rings is 1. The number of carbonyl (C=O) groups excluding carboxylic acids is 2. The zero-order valence-corrected chi connectivity index (χ0v) is 22.5. The van der Waals surface area contributed by atoms with Crippen molar-refractivity contribution in [1.29, 1.82) is 0 Å². The molecule has 38 heavy (non-hydrogen) atoms. The number of fused-ring (bicyclic) bond motifs is 1. The van der Waals surface area contributed by atoms with Gasteiger partial charge in [-0.05, 0) is 30.3 Å². The van der Waals surface area contributed by atoms with Crippen molar-refractivity contribution in [2.75, 3.05) is 30.4 Å². The van der Waals surface area contributed by atoms with Crippen LogP contribution in [0.4, 0.5) is 22.2 Å². The molecule has 2 heterocycles. The highest BCUT2D eigenvalue weighted by molar-refractivity contribution is 7.22. The van der Waals surface area contributed by atoms with Crippen molar-refractivity contribution in [1.82, 2.24) is 9.55 Å². The van der Waals surface area contributed by atoms with Crippen molar-refractivity contribution >= 4 is 78.8 Å². The van der Waals surface area contributed by atoms with Gasteiger partial charge in [-0.2, -0.15) is 0 Å². The molecule has 0 spiro atoms. The molecule has 2 aromatic carbocycles. The second-order valence-electron chi connectivity index (χ2n) is 7.99. The molecule has 0 radical (unpaired) electrons. The summed E-state index contributed by atoms with van der Waals surface area (Å²) in [6, 6.07) is 11.1. The van der Waals surface area contributed by atoms with Crippen LogP contribution in [-0.2, 0) is 20.9 Å². The molecule has 0 saturated heterocycles. The maximum Gasteiger partial charge on any atom is 0.325 e. The molecule has 4 rings (SSSR count). The fourth-order valence-corrected chi connectivity index (χ4v) is 4.89. The van der Waals surface area contributed by atoms with Crippen LogP contribution in [0.1, 0.15) is 6.92 Å². The number of amides is 1. The zero-order chi connectivity index (χ0) is 27.4. The summed E-state index contributed by atoms with van der Waals surface area (Å²) >= 11 is 13.6.